The average molecular weight is 333 g/mol. The van der Waals surface area contributed by atoms with Crippen LogP contribution >= 0.6 is 0 Å². The normalized spacial score (nSPS) is 11.4. The van der Waals surface area contributed by atoms with Gasteiger partial charge in [-0.1, -0.05) is 38.1 Å². The highest BCUT2D eigenvalue weighted by molar-refractivity contribution is 5.37. The van der Waals surface area contributed by atoms with Crippen LogP contribution in [0.2, 0.25) is 0 Å². The summed E-state index contributed by atoms with van der Waals surface area (Å²) in [5.41, 5.74) is 3.50. The van der Waals surface area contributed by atoms with Gasteiger partial charge in [-0.25, -0.2) is 0 Å². The van der Waals surface area contributed by atoms with E-state index < -0.39 is 0 Å². The summed E-state index contributed by atoms with van der Waals surface area (Å²) in [5.74, 6) is 0.401. The van der Waals surface area contributed by atoms with E-state index in [0.717, 1.165) is 19.6 Å². The molecule has 4 nitrogen and oxygen atoms in total. The Labute approximate surface area is 146 Å². The third-order valence-corrected chi connectivity index (χ3v) is 3.07. The molecule has 0 radical (unpaired) electrons. The lowest BCUT2D eigenvalue weighted by molar-refractivity contribution is 0.111. The van der Waals surface area contributed by atoms with Gasteiger partial charge in [-0.2, -0.15) is 0 Å². The first-order valence-electron chi connectivity index (χ1n) is 8.30. The Morgan fingerprint density at radius 3 is 2.04 bits per heavy atom. The number of fused-ring (bicyclic) bond motifs is 1. The smallest absolute Gasteiger partial charge is 0.118 e. The second-order valence-corrected chi connectivity index (χ2v) is 5.04. The van der Waals surface area contributed by atoms with Gasteiger partial charge in [-0.15, -0.1) is 0 Å². The molecule has 1 aliphatic heterocycles. The molecular weight excluding hydrogens is 302 g/mol. The van der Waals surface area contributed by atoms with Crippen molar-refractivity contribution in [2.75, 3.05) is 20.7 Å². The van der Waals surface area contributed by atoms with Gasteiger partial charge in [0.2, 0.25) is 0 Å². The summed E-state index contributed by atoms with van der Waals surface area (Å²) in [7, 11) is 3.75. The molecule has 0 spiro atoms. The topological polar surface area (TPSA) is 61.7 Å². The van der Waals surface area contributed by atoms with Crippen LogP contribution in [0.25, 0.3) is 0 Å². The van der Waals surface area contributed by atoms with Crippen LogP contribution in [0, 0.1) is 6.92 Å². The average Bonchev–Trinajstić information content (AvgIpc) is 2.62. The summed E-state index contributed by atoms with van der Waals surface area (Å²) < 4.78 is 5.30. The molecule has 0 aromatic heterocycles. The Kier molecular flexibility index (Phi) is 12.3. The first kappa shape index (κ1) is 22.0. The number of rotatable bonds is 0. The predicted octanol–water partition coefficient (Wildman–Crippen LogP) is 4.03. The highest BCUT2D eigenvalue weighted by Gasteiger charge is 2.06. The lowest BCUT2D eigenvalue weighted by Crippen LogP contribution is -2.08. The van der Waals surface area contributed by atoms with Crippen molar-refractivity contribution in [2.24, 2.45) is 0 Å². The standard InChI is InChI=1S/C9H10O.C7H8O2.C2H7N.C2H6/c1-2-4-9-7-10-6-5-8(9)3-1;1-5-4-6(8)2-3-7(5)9;1-3-2;1-2/h1-4H,5-7H2;2-4,8-9H,1H3;3H,1-2H3;1-2H3. The van der Waals surface area contributed by atoms with Gasteiger partial charge < -0.3 is 20.3 Å². The maximum Gasteiger partial charge on any atom is 0.118 e. The lowest BCUT2D eigenvalue weighted by Gasteiger charge is -2.14. The number of benzene rings is 2. The van der Waals surface area contributed by atoms with Gasteiger partial charge in [0.25, 0.3) is 0 Å². The molecule has 1 aliphatic rings. The molecule has 4 heteroatoms. The monoisotopic (exact) mass is 333 g/mol. The van der Waals surface area contributed by atoms with E-state index in [4.69, 9.17) is 14.9 Å². The summed E-state index contributed by atoms with van der Waals surface area (Å²) >= 11 is 0. The van der Waals surface area contributed by atoms with Gasteiger partial charge >= 0.3 is 0 Å². The molecule has 0 unspecified atom stereocenters. The van der Waals surface area contributed by atoms with E-state index >= 15 is 0 Å². The van der Waals surface area contributed by atoms with Gasteiger partial charge in [0.1, 0.15) is 11.5 Å². The van der Waals surface area contributed by atoms with E-state index in [-0.39, 0.29) is 11.5 Å². The first-order valence-corrected chi connectivity index (χ1v) is 8.30. The third kappa shape index (κ3) is 8.56. The molecule has 2 aromatic rings. The highest BCUT2D eigenvalue weighted by Crippen LogP contribution is 2.20. The molecule has 2 aromatic carbocycles. The highest BCUT2D eigenvalue weighted by atomic mass is 16.5. The molecule has 0 aliphatic carbocycles. The number of nitrogens with one attached hydrogen (secondary N) is 1. The quantitative estimate of drug-likeness (QED) is 0.637. The third-order valence-electron chi connectivity index (χ3n) is 3.07. The molecule has 3 rings (SSSR count). The largest absolute Gasteiger partial charge is 0.508 e. The zero-order valence-electron chi connectivity index (χ0n) is 15.5. The second-order valence-electron chi connectivity index (χ2n) is 5.04. The Bertz CT molecular complexity index is 546. The van der Waals surface area contributed by atoms with E-state index in [1.807, 2.05) is 27.9 Å². The summed E-state index contributed by atoms with van der Waals surface area (Å²) in [6.45, 7) is 7.42. The summed E-state index contributed by atoms with van der Waals surface area (Å²) in [6.07, 6.45) is 1.08. The van der Waals surface area contributed by atoms with Crippen LogP contribution in [0.3, 0.4) is 0 Å². The molecule has 0 amide bonds. The number of ether oxygens (including phenoxy) is 1. The lowest BCUT2D eigenvalue weighted by atomic mass is 10.0. The molecule has 0 bridgehead atoms. The number of phenols is 2. The number of aromatic hydroxyl groups is 2. The number of aryl methyl sites for hydroxylation is 1. The molecule has 3 N–H and O–H groups in total. The fourth-order valence-electron chi connectivity index (χ4n) is 1.95. The molecule has 0 saturated heterocycles. The molecule has 0 atom stereocenters. The van der Waals surface area contributed by atoms with Gasteiger partial charge in [0, 0.05) is 0 Å². The van der Waals surface area contributed by atoms with Crippen molar-refractivity contribution in [2.45, 2.75) is 33.8 Å². The Morgan fingerprint density at radius 1 is 0.958 bits per heavy atom. The van der Waals surface area contributed by atoms with E-state index in [0.29, 0.717) is 5.56 Å². The van der Waals surface area contributed by atoms with Crippen molar-refractivity contribution in [3.8, 4) is 11.5 Å². The van der Waals surface area contributed by atoms with Crippen LogP contribution in [0.4, 0.5) is 0 Å². The summed E-state index contributed by atoms with van der Waals surface area (Å²) in [6, 6.07) is 12.9. The molecule has 0 saturated carbocycles. The van der Waals surface area contributed by atoms with E-state index in [2.05, 4.69) is 29.6 Å². The Morgan fingerprint density at radius 2 is 1.54 bits per heavy atom. The fraction of sp³-hybridized carbons (Fsp3) is 0.400. The fourth-order valence-corrected chi connectivity index (χ4v) is 1.95. The van der Waals surface area contributed by atoms with Crippen molar-refractivity contribution in [3.05, 3.63) is 59.2 Å². The minimum Gasteiger partial charge on any atom is -0.508 e. The van der Waals surface area contributed by atoms with Crippen molar-refractivity contribution in [1.82, 2.24) is 5.32 Å². The van der Waals surface area contributed by atoms with Gasteiger partial charge in [-0.05, 0) is 62.3 Å². The number of hydrogen-bond acceptors (Lipinski definition) is 4. The number of hydrogen-bond donors (Lipinski definition) is 3. The van der Waals surface area contributed by atoms with Crippen LogP contribution in [-0.4, -0.2) is 30.9 Å². The zero-order valence-corrected chi connectivity index (χ0v) is 15.5. The summed E-state index contributed by atoms with van der Waals surface area (Å²) in [5, 5.41) is 20.5. The Balaban J connectivity index is 0.000000351. The van der Waals surface area contributed by atoms with Gasteiger partial charge in [0.15, 0.2) is 0 Å². The predicted molar refractivity (Wildman–Crippen MR) is 101 cm³/mol. The van der Waals surface area contributed by atoms with Crippen LogP contribution in [-0.2, 0) is 17.8 Å². The Hall–Kier alpha value is -2.04. The second kappa shape index (κ2) is 13.4. The van der Waals surface area contributed by atoms with E-state index in [1.165, 1.54) is 29.3 Å². The van der Waals surface area contributed by atoms with Crippen molar-refractivity contribution >= 4 is 0 Å². The van der Waals surface area contributed by atoms with Crippen LogP contribution in [0.5, 0.6) is 11.5 Å². The van der Waals surface area contributed by atoms with Crippen molar-refractivity contribution in [3.63, 3.8) is 0 Å². The molecular formula is C20H31NO3. The van der Waals surface area contributed by atoms with Gasteiger partial charge in [-0.3, -0.25) is 0 Å². The van der Waals surface area contributed by atoms with Crippen molar-refractivity contribution in [1.29, 1.82) is 0 Å². The molecule has 134 valence electrons. The SMILES string of the molecule is CC.CNC.Cc1cc(O)ccc1O.c1ccc2c(c1)CCOC2. The molecule has 0 fully saturated rings. The van der Waals surface area contributed by atoms with Crippen molar-refractivity contribution < 1.29 is 14.9 Å². The van der Waals surface area contributed by atoms with Gasteiger partial charge in [0.05, 0.1) is 13.2 Å². The minimum atomic E-state index is 0.185. The van der Waals surface area contributed by atoms with Crippen LogP contribution < -0.4 is 5.32 Å². The molecule has 1 heterocycles. The minimum absolute atomic E-state index is 0.185. The summed E-state index contributed by atoms with van der Waals surface area (Å²) in [4.78, 5) is 0. The zero-order chi connectivity index (χ0) is 18.4. The number of phenolic OH excluding ortho intramolecular Hbond substituents is 2. The van der Waals surface area contributed by atoms with Crippen LogP contribution in [0.15, 0.2) is 42.5 Å². The van der Waals surface area contributed by atoms with E-state index in [1.54, 1.807) is 6.92 Å². The maximum atomic E-state index is 8.93. The van der Waals surface area contributed by atoms with E-state index in [9.17, 15) is 0 Å². The van der Waals surface area contributed by atoms with Crippen LogP contribution in [0.1, 0.15) is 30.5 Å². The first-order chi connectivity index (χ1) is 11.6. The maximum absolute atomic E-state index is 8.93. The molecule has 24 heavy (non-hydrogen) atoms.